The van der Waals surface area contributed by atoms with Crippen LogP contribution in [0, 0.1) is 0 Å². The average molecular weight is 309 g/mol. The number of nitrogens with zero attached hydrogens (tertiary/aromatic N) is 3. The molecule has 0 amide bonds. The Labute approximate surface area is 124 Å². The first-order valence-electron chi connectivity index (χ1n) is 7.29. The second-order valence-electron chi connectivity index (χ2n) is 5.41. The van der Waals surface area contributed by atoms with E-state index >= 15 is 0 Å². The minimum atomic E-state index is -4.14. The summed E-state index contributed by atoms with van der Waals surface area (Å²) in [4.78, 5) is 8.88. The first kappa shape index (κ1) is 18.0. The third-order valence-electron chi connectivity index (χ3n) is 3.49. The SMILES string of the molecule is CCNC(=NCC1CN(C)CCN1C)NCCC(F)(F)F. The Morgan fingerprint density at radius 1 is 1.24 bits per heavy atom. The maximum Gasteiger partial charge on any atom is 0.390 e. The fourth-order valence-electron chi connectivity index (χ4n) is 2.16. The van der Waals surface area contributed by atoms with E-state index in [0.29, 0.717) is 25.1 Å². The molecular weight excluding hydrogens is 283 g/mol. The maximum atomic E-state index is 12.2. The molecule has 1 aliphatic rings. The third-order valence-corrected chi connectivity index (χ3v) is 3.49. The minimum Gasteiger partial charge on any atom is -0.357 e. The van der Waals surface area contributed by atoms with E-state index in [9.17, 15) is 13.2 Å². The number of hydrogen-bond donors (Lipinski definition) is 2. The van der Waals surface area contributed by atoms with Gasteiger partial charge in [-0.2, -0.15) is 13.2 Å². The highest BCUT2D eigenvalue weighted by Crippen LogP contribution is 2.18. The van der Waals surface area contributed by atoms with Gasteiger partial charge in [0.1, 0.15) is 0 Å². The van der Waals surface area contributed by atoms with E-state index < -0.39 is 12.6 Å². The smallest absolute Gasteiger partial charge is 0.357 e. The van der Waals surface area contributed by atoms with Crippen molar-refractivity contribution in [3.63, 3.8) is 0 Å². The molecule has 0 bridgehead atoms. The molecule has 0 spiro atoms. The van der Waals surface area contributed by atoms with Gasteiger partial charge in [-0.05, 0) is 21.0 Å². The maximum absolute atomic E-state index is 12.2. The molecule has 0 aromatic heterocycles. The Balaban J connectivity index is 2.46. The van der Waals surface area contributed by atoms with Crippen LogP contribution < -0.4 is 10.6 Å². The molecule has 0 aromatic rings. The molecule has 0 saturated carbocycles. The molecule has 1 unspecified atom stereocenters. The highest BCUT2D eigenvalue weighted by molar-refractivity contribution is 5.79. The summed E-state index contributed by atoms with van der Waals surface area (Å²) in [7, 11) is 4.12. The number of aliphatic imine (C=N–C) groups is 1. The number of guanidine groups is 1. The molecule has 1 rings (SSSR count). The van der Waals surface area contributed by atoms with Crippen molar-refractivity contribution < 1.29 is 13.2 Å². The summed E-state index contributed by atoms with van der Waals surface area (Å²) in [5.41, 5.74) is 0. The molecule has 8 heteroatoms. The Kier molecular flexibility index (Phi) is 7.24. The highest BCUT2D eigenvalue weighted by Gasteiger charge is 2.26. The van der Waals surface area contributed by atoms with Crippen LogP contribution >= 0.6 is 0 Å². The summed E-state index contributed by atoms with van der Waals surface area (Å²) in [5.74, 6) is 0.448. The van der Waals surface area contributed by atoms with Gasteiger partial charge in [-0.25, -0.2) is 0 Å². The summed E-state index contributed by atoms with van der Waals surface area (Å²) in [6.07, 6.45) is -5.00. The van der Waals surface area contributed by atoms with Crippen molar-refractivity contribution in [2.45, 2.75) is 25.6 Å². The lowest BCUT2D eigenvalue weighted by Gasteiger charge is -2.36. The molecule has 5 nitrogen and oxygen atoms in total. The van der Waals surface area contributed by atoms with Crippen molar-refractivity contribution in [2.24, 2.45) is 4.99 Å². The van der Waals surface area contributed by atoms with Gasteiger partial charge < -0.3 is 15.5 Å². The molecule has 1 aliphatic heterocycles. The monoisotopic (exact) mass is 309 g/mol. The van der Waals surface area contributed by atoms with Gasteiger partial charge in [0.05, 0.1) is 13.0 Å². The van der Waals surface area contributed by atoms with Crippen LogP contribution in [-0.2, 0) is 0 Å². The zero-order valence-electron chi connectivity index (χ0n) is 13.0. The number of piperazine rings is 1. The van der Waals surface area contributed by atoms with Gasteiger partial charge >= 0.3 is 6.18 Å². The van der Waals surface area contributed by atoms with Crippen molar-refractivity contribution in [1.82, 2.24) is 20.4 Å². The molecule has 0 aromatic carbocycles. The predicted molar refractivity (Wildman–Crippen MR) is 78.6 cm³/mol. The van der Waals surface area contributed by atoms with Crippen LogP contribution in [0.2, 0.25) is 0 Å². The van der Waals surface area contributed by atoms with Crippen molar-refractivity contribution in [1.29, 1.82) is 0 Å². The van der Waals surface area contributed by atoms with Gasteiger partial charge in [0.15, 0.2) is 5.96 Å². The van der Waals surface area contributed by atoms with Crippen LogP contribution in [-0.4, -0.2) is 81.3 Å². The number of nitrogens with one attached hydrogen (secondary N) is 2. The lowest BCUT2D eigenvalue weighted by Crippen LogP contribution is -2.51. The summed E-state index contributed by atoms with van der Waals surface area (Å²) < 4.78 is 36.5. The first-order valence-corrected chi connectivity index (χ1v) is 7.29. The normalized spacial score (nSPS) is 22.4. The van der Waals surface area contributed by atoms with Crippen molar-refractivity contribution in [3.8, 4) is 0 Å². The largest absolute Gasteiger partial charge is 0.390 e. The number of rotatable bonds is 5. The molecule has 21 heavy (non-hydrogen) atoms. The van der Waals surface area contributed by atoms with E-state index in [1.165, 1.54) is 0 Å². The lowest BCUT2D eigenvalue weighted by molar-refractivity contribution is -0.132. The molecular formula is C13H26F3N5. The second-order valence-corrected chi connectivity index (χ2v) is 5.41. The van der Waals surface area contributed by atoms with Gasteiger partial charge in [0, 0.05) is 38.8 Å². The van der Waals surface area contributed by atoms with Crippen LogP contribution in [0.4, 0.5) is 13.2 Å². The van der Waals surface area contributed by atoms with E-state index in [2.05, 4.69) is 39.5 Å². The second kappa shape index (κ2) is 8.43. The fourth-order valence-corrected chi connectivity index (χ4v) is 2.16. The quantitative estimate of drug-likeness (QED) is 0.581. The Hall–Kier alpha value is -1.02. The molecule has 1 atom stereocenters. The third kappa shape index (κ3) is 7.52. The van der Waals surface area contributed by atoms with Crippen molar-refractivity contribution in [3.05, 3.63) is 0 Å². The lowest BCUT2D eigenvalue weighted by atomic mass is 10.2. The van der Waals surface area contributed by atoms with E-state index in [1.807, 2.05) is 6.92 Å². The first-order chi connectivity index (χ1) is 9.81. The molecule has 0 radical (unpaired) electrons. The molecule has 1 fully saturated rings. The number of halogens is 3. The van der Waals surface area contributed by atoms with Gasteiger partial charge in [-0.3, -0.25) is 9.89 Å². The van der Waals surface area contributed by atoms with E-state index in [4.69, 9.17) is 0 Å². The van der Waals surface area contributed by atoms with Gasteiger partial charge in [0.2, 0.25) is 0 Å². The van der Waals surface area contributed by atoms with Gasteiger partial charge in [-0.15, -0.1) is 0 Å². The standard InChI is InChI=1S/C13H26F3N5/c1-4-17-12(18-6-5-13(14,15)16)19-9-11-10-20(2)7-8-21(11)3/h11H,4-10H2,1-3H3,(H2,17,18,19). The van der Waals surface area contributed by atoms with E-state index in [1.54, 1.807) is 0 Å². The van der Waals surface area contributed by atoms with Crippen LogP contribution in [0.15, 0.2) is 4.99 Å². The van der Waals surface area contributed by atoms with Crippen molar-refractivity contribution in [2.75, 3.05) is 53.4 Å². The summed E-state index contributed by atoms with van der Waals surface area (Å²) in [6, 6.07) is 0.293. The summed E-state index contributed by atoms with van der Waals surface area (Å²) in [5, 5.41) is 5.70. The molecule has 2 N–H and O–H groups in total. The molecule has 1 saturated heterocycles. The van der Waals surface area contributed by atoms with Crippen LogP contribution in [0.25, 0.3) is 0 Å². The number of hydrogen-bond acceptors (Lipinski definition) is 3. The van der Waals surface area contributed by atoms with Crippen LogP contribution in [0.5, 0.6) is 0 Å². The van der Waals surface area contributed by atoms with Crippen molar-refractivity contribution >= 4 is 5.96 Å². The zero-order chi connectivity index (χ0) is 15.9. The fraction of sp³-hybridized carbons (Fsp3) is 0.923. The van der Waals surface area contributed by atoms with E-state index in [0.717, 1.165) is 19.6 Å². The Bertz CT molecular complexity index is 332. The molecule has 124 valence electrons. The molecule has 0 aliphatic carbocycles. The summed E-state index contributed by atoms with van der Waals surface area (Å²) >= 11 is 0. The minimum absolute atomic E-state index is 0.157. The van der Waals surface area contributed by atoms with Crippen LogP contribution in [0.1, 0.15) is 13.3 Å². The summed E-state index contributed by atoms with van der Waals surface area (Å²) in [6.45, 7) is 5.86. The predicted octanol–water partition coefficient (Wildman–Crippen LogP) is 0.740. The average Bonchev–Trinajstić information content (AvgIpc) is 2.38. The number of alkyl halides is 3. The molecule has 1 heterocycles. The Morgan fingerprint density at radius 3 is 2.57 bits per heavy atom. The zero-order valence-corrected chi connectivity index (χ0v) is 13.0. The highest BCUT2D eigenvalue weighted by atomic mass is 19.4. The van der Waals surface area contributed by atoms with Crippen LogP contribution in [0.3, 0.4) is 0 Å². The topological polar surface area (TPSA) is 42.9 Å². The van der Waals surface area contributed by atoms with E-state index in [-0.39, 0.29) is 6.54 Å². The number of likely N-dealkylation sites (N-methyl/N-ethyl adjacent to an activating group) is 2. The van der Waals surface area contributed by atoms with Gasteiger partial charge in [-0.1, -0.05) is 0 Å². The van der Waals surface area contributed by atoms with Gasteiger partial charge in [0.25, 0.3) is 0 Å². The Morgan fingerprint density at radius 2 is 1.95 bits per heavy atom.